The average molecular weight is 344 g/mol. The molecule has 1 aromatic carbocycles. The number of nitrogens with zero attached hydrogens (tertiary/aromatic N) is 2. The highest BCUT2D eigenvalue weighted by molar-refractivity contribution is 6.30. The summed E-state index contributed by atoms with van der Waals surface area (Å²) >= 11 is 6.03. The highest BCUT2D eigenvalue weighted by Crippen LogP contribution is 2.33. The van der Waals surface area contributed by atoms with Crippen molar-refractivity contribution < 1.29 is 4.79 Å². The molecule has 2 aliphatic heterocycles. The lowest BCUT2D eigenvalue weighted by molar-refractivity contribution is -0.121. The summed E-state index contributed by atoms with van der Waals surface area (Å²) in [5.41, 5.74) is 6.92. The topological polar surface area (TPSA) is 49.6 Å². The standard InChI is InChI=1S/C16H22ClN3O.ClH/c1-16(10-18)6-8-19(11-16)14-5-7-20(15(14)21)13-4-2-3-12(17)9-13;/h2-4,9,14H,5-8,10-11,18H2,1H3;1H. The summed E-state index contributed by atoms with van der Waals surface area (Å²) in [6, 6.07) is 7.52. The molecule has 2 unspecified atom stereocenters. The number of hydrogen-bond donors (Lipinski definition) is 1. The molecule has 0 aromatic heterocycles. The van der Waals surface area contributed by atoms with Crippen LogP contribution in [0.4, 0.5) is 5.69 Å². The van der Waals surface area contributed by atoms with Crippen molar-refractivity contribution in [2.45, 2.75) is 25.8 Å². The second-order valence-electron chi connectivity index (χ2n) is 6.51. The van der Waals surface area contributed by atoms with Gasteiger partial charge in [-0.2, -0.15) is 0 Å². The monoisotopic (exact) mass is 343 g/mol. The van der Waals surface area contributed by atoms with E-state index in [1.54, 1.807) is 0 Å². The van der Waals surface area contributed by atoms with Crippen molar-refractivity contribution in [3.8, 4) is 0 Å². The lowest BCUT2D eigenvalue weighted by Crippen LogP contribution is -2.42. The molecule has 6 heteroatoms. The van der Waals surface area contributed by atoms with E-state index in [4.69, 9.17) is 17.3 Å². The van der Waals surface area contributed by atoms with Crippen LogP contribution in [-0.2, 0) is 4.79 Å². The fourth-order valence-electron chi connectivity index (χ4n) is 3.40. The number of likely N-dealkylation sites (tertiary alicyclic amines) is 1. The van der Waals surface area contributed by atoms with E-state index in [0.717, 1.165) is 38.2 Å². The summed E-state index contributed by atoms with van der Waals surface area (Å²) in [4.78, 5) is 16.9. The summed E-state index contributed by atoms with van der Waals surface area (Å²) < 4.78 is 0. The molecule has 1 amide bonds. The number of rotatable bonds is 3. The van der Waals surface area contributed by atoms with E-state index in [0.29, 0.717) is 11.6 Å². The van der Waals surface area contributed by atoms with E-state index < -0.39 is 0 Å². The minimum Gasteiger partial charge on any atom is -0.330 e. The van der Waals surface area contributed by atoms with E-state index >= 15 is 0 Å². The normalized spacial score (nSPS) is 29.0. The third kappa shape index (κ3) is 3.25. The number of carbonyl (C=O) groups excluding carboxylic acids is 1. The molecule has 2 fully saturated rings. The Morgan fingerprint density at radius 3 is 2.82 bits per heavy atom. The summed E-state index contributed by atoms with van der Waals surface area (Å²) in [6.07, 6.45) is 1.95. The van der Waals surface area contributed by atoms with Gasteiger partial charge in [0, 0.05) is 23.8 Å². The molecule has 22 heavy (non-hydrogen) atoms. The molecule has 0 radical (unpaired) electrons. The number of carbonyl (C=O) groups is 1. The third-order valence-electron chi connectivity index (χ3n) is 4.82. The lowest BCUT2D eigenvalue weighted by Gasteiger charge is -2.26. The van der Waals surface area contributed by atoms with Crippen molar-refractivity contribution in [1.29, 1.82) is 0 Å². The summed E-state index contributed by atoms with van der Waals surface area (Å²) in [5.74, 6) is 0.193. The van der Waals surface area contributed by atoms with Gasteiger partial charge in [0.05, 0.1) is 6.04 Å². The van der Waals surface area contributed by atoms with Crippen LogP contribution in [0.5, 0.6) is 0 Å². The minimum absolute atomic E-state index is 0. The summed E-state index contributed by atoms with van der Waals surface area (Å²) in [6.45, 7) is 5.54. The molecule has 1 aromatic rings. The van der Waals surface area contributed by atoms with E-state index in [1.807, 2.05) is 29.2 Å². The molecule has 0 bridgehead atoms. The fraction of sp³-hybridized carbons (Fsp3) is 0.562. The van der Waals surface area contributed by atoms with Gasteiger partial charge in [-0.25, -0.2) is 0 Å². The quantitative estimate of drug-likeness (QED) is 0.917. The van der Waals surface area contributed by atoms with Crippen LogP contribution in [0, 0.1) is 5.41 Å². The van der Waals surface area contributed by atoms with E-state index in [9.17, 15) is 4.79 Å². The van der Waals surface area contributed by atoms with E-state index in [2.05, 4.69) is 11.8 Å². The number of amides is 1. The molecule has 2 heterocycles. The van der Waals surface area contributed by atoms with Gasteiger partial charge in [0.1, 0.15) is 0 Å². The van der Waals surface area contributed by atoms with Crippen molar-refractivity contribution in [1.82, 2.24) is 4.90 Å². The Morgan fingerprint density at radius 2 is 2.18 bits per heavy atom. The van der Waals surface area contributed by atoms with Crippen molar-refractivity contribution in [3.05, 3.63) is 29.3 Å². The molecule has 4 nitrogen and oxygen atoms in total. The molecule has 2 aliphatic rings. The Labute approximate surface area is 143 Å². The summed E-state index contributed by atoms with van der Waals surface area (Å²) in [5, 5.41) is 0.667. The van der Waals surface area contributed by atoms with Crippen LogP contribution in [0.25, 0.3) is 0 Å². The van der Waals surface area contributed by atoms with Gasteiger partial charge in [-0.1, -0.05) is 24.6 Å². The van der Waals surface area contributed by atoms with Gasteiger partial charge in [0.15, 0.2) is 0 Å². The molecule has 2 atom stereocenters. The fourth-order valence-corrected chi connectivity index (χ4v) is 3.58. The first kappa shape index (κ1) is 17.5. The smallest absolute Gasteiger partial charge is 0.244 e. The first-order valence-electron chi connectivity index (χ1n) is 7.53. The van der Waals surface area contributed by atoms with Crippen molar-refractivity contribution in [2.24, 2.45) is 11.1 Å². The van der Waals surface area contributed by atoms with E-state index in [-0.39, 0.29) is 29.8 Å². The Kier molecular flexibility index (Phi) is 5.38. The minimum atomic E-state index is -0.00245. The zero-order valence-corrected chi connectivity index (χ0v) is 14.4. The van der Waals surface area contributed by atoms with Gasteiger partial charge in [-0.15, -0.1) is 12.4 Å². The number of benzene rings is 1. The maximum absolute atomic E-state index is 12.7. The van der Waals surface area contributed by atoms with Crippen LogP contribution in [0.3, 0.4) is 0 Å². The molecule has 122 valence electrons. The van der Waals surface area contributed by atoms with Crippen molar-refractivity contribution >= 4 is 35.6 Å². The van der Waals surface area contributed by atoms with Crippen LogP contribution >= 0.6 is 24.0 Å². The highest BCUT2D eigenvalue weighted by atomic mass is 35.5. The Balaban J connectivity index is 0.00000176. The first-order chi connectivity index (χ1) is 10.0. The lowest BCUT2D eigenvalue weighted by atomic mass is 9.90. The molecule has 2 N–H and O–H groups in total. The van der Waals surface area contributed by atoms with Crippen LogP contribution in [-0.4, -0.2) is 43.0 Å². The average Bonchev–Trinajstić information content (AvgIpc) is 3.03. The van der Waals surface area contributed by atoms with Gasteiger partial charge < -0.3 is 10.6 Å². The van der Waals surface area contributed by atoms with Gasteiger partial charge in [-0.3, -0.25) is 9.69 Å². The maximum Gasteiger partial charge on any atom is 0.244 e. The molecular formula is C16H23Cl2N3O. The molecule has 0 saturated carbocycles. The third-order valence-corrected chi connectivity index (χ3v) is 5.05. The molecular weight excluding hydrogens is 321 g/mol. The van der Waals surface area contributed by atoms with Crippen molar-refractivity contribution in [2.75, 3.05) is 31.1 Å². The van der Waals surface area contributed by atoms with E-state index in [1.165, 1.54) is 0 Å². The SMILES string of the molecule is CC1(CN)CCN(C2CCN(c3cccc(Cl)c3)C2=O)C1.Cl. The zero-order chi connectivity index (χ0) is 15.0. The number of hydrogen-bond acceptors (Lipinski definition) is 3. The van der Waals surface area contributed by atoms with Gasteiger partial charge >= 0.3 is 0 Å². The number of nitrogens with two attached hydrogens (primary N) is 1. The van der Waals surface area contributed by atoms with Crippen LogP contribution < -0.4 is 10.6 Å². The predicted octanol–water partition coefficient (Wildman–Crippen LogP) is 2.54. The van der Waals surface area contributed by atoms with Crippen LogP contribution in [0.1, 0.15) is 19.8 Å². The summed E-state index contributed by atoms with van der Waals surface area (Å²) in [7, 11) is 0. The number of halogens is 2. The second kappa shape index (κ2) is 6.75. The molecule has 0 spiro atoms. The Bertz CT molecular complexity index is 554. The van der Waals surface area contributed by atoms with Gasteiger partial charge in [0.25, 0.3) is 0 Å². The predicted molar refractivity (Wildman–Crippen MR) is 92.8 cm³/mol. The molecule has 0 aliphatic carbocycles. The van der Waals surface area contributed by atoms with Gasteiger partial charge in [0.2, 0.25) is 5.91 Å². The van der Waals surface area contributed by atoms with Gasteiger partial charge in [-0.05, 0) is 49.5 Å². The van der Waals surface area contributed by atoms with Crippen molar-refractivity contribution in [3.63, 3.8) is 0 Å². The van der Waals surface area contributed by atoms with Crippen LogP contribution in [0.15, 0.2) is 24.3 Å². The Morgan fingerprint density at radius 1 is 1.41 bits per heavy atom. The largest absolute Gasteiger partial charge is 0.330 e. The molecule has 2 saturated heterocycles. The Hall–Kier alpha value is -0.810. The zero-order valence-electron chi connectivity index (χ0n) is 12.8. The van der Waals surface area contributed by atoms with Crippen LogP contribution in [0.2, 0.25) is 5.02 Å². The number of anilines is 1. The maximum atomic E-state index is 12.7. The first-order valence-corrected chi connectivity index (χ1v) is 7.91. The molecule has 3 rings (SSSR count). The highest BCUT2D eigenvalue weighted by Gasteiger charge is 2.42. The second-order valence-corrected chi connectivity index (χ2v) is 6.95.